The first-order valence-corrected chi connectivity index (χ1v) is 9.33. The smallest absolute Gasteiger partial charge is 0.337 e. The van der Waals surface area contributed by atoms with Crippen LogP contribution in [0.25, 0.3) is 0 Å². The lowest BCUT2D eigenvalue weighted by Crippen LogP contribution is -2.36. The molecule has 1 heterocycles. The van der Waals surface area contributed by atoms with Gasteiger partial charge in [-0.2, -0.15) is 0 Å². The SMILES string of the molecule is COC(=O)c1ccc(C(=O)NC(=NCc2ccccn2)Nc2ccc(C)cc2)cc1. The van der Waals surface area contributed by atoms with Crippen LogP contribution in [0, 0.1) is 6.92 Å². The fourth-order valence-electron chi connectivity index (χ4n) is 2.59. The first-order valence-electron chi connectivity index (χ1n) is 9.33. The number of carbonyl (C=O) groups excluding carboxylic acids is 2. The molecular formula is C23H22N4O3. The van der Waals surface area contributed by atoms with Crippen molar-refractivity contribution in [1.82, 2.24) is 10.3 Å². The Bertz CT molecular complexity index is 1030. The largest absolute Gasteiger partial charge is 0.465 e. The second-order valence-corrected chi connectivity index (χ2v) is 6.50. The van der Waals surface area contributed by atoms with E-state index in [9.17, 15) is 9.59 Å². The van der Waals surface area contributed by atoms with Crippen LogP contribution in [0.1, 0.15) is 32.0 Å². The Labute approximate surface area is 174 Å². The van der Waals surface area contributed by atoms with Crippen LogP contribution in [0.15, 0.2) is 77.9 Å². The van der Waals surface area contributed by atoms with Crippen molar-refractivity contribution in [1.29, 1.82) is 0 Å². The zero-order valence-corrected chi connectivity index (χ0v) is 16.8. The van der Waals surface area contributed by atoms with Crippen LogP contribution in [-0.4, -0.2) is 29.9 Å². The summed E-state index contributed by atoms with van der Waals surface area (Å²) in [5.74, 6) is -0.516. The van der Waals surface area contributed by atoms with E-state index in [1.807, 2.05) is 49.4 Å². The zero-order valence-electron chi connectivity index (χ0n) is 16.8. The second kappa shape index (κ2) is 9.97. The van der Waals surface area contributed by atoms with Crippen molar-refractivity contribution < 1.29 is 14.3 Å². The van der Waals surface area contributed by atoms with Crippen LogP contribution in [0.5, 0.6) is 0 Å². The molecule has 3 aromatic rings. The maximum atomic E-state index is 12.7. The van der Waals surface area contributed by atoms with Crippen molar-refractivity contribution in [3.63, 3.8) is 0 Å². The van der Waals surface area contributed by atoms with Gasteiger partial charge in [-0.1, -0.05) is 23.8 Å². The molecule has 0 radical (unpaired) electrons. The lowest BCUT2D eigenvalue weighted by atomic mass is 10.1. The lowest BCUT2D eigenvalue weighted by molar-refractivity contribution is 0.0600. The minimum atomic E-state index is -0.458. The monoisotopic (exact) mass is 402 g/mol. The number of nitrogens with zero attached hydrogens (tertiary/aromatic N) is 2. The van der Waals surface area contributed by atoms with Crippen LogP contribution >= 0.6 is 0 Å². The van der Waals surface area contributed by atoms with Crippen molar-refractivity contribution in [3.8, 4) is 0 Å². The van der Waals surface area contributed by atoms with Gasteiger partial charge >= 0.3 is 5.97 Å². The first-order chi connectivity index (χ1) is 14.5. The summed E-state index contributed by atoms with van der Waals surface area (Å²) < 4.78 is 4.68. The molecule has 1 aromatic heterocycles. The quantitative estimate of drug-likeness (QED) is 0.387. The Morgan fingerprint density at radius 2 is 1.67 bits per heavy atom. The van der Waals surface area contributed by atoms with Gasteiger partial charge in [0.25, 0.3) is 5.91 Å². The molecule has 2 N–H and O–H groups in total. The minimum Gasteiger partial charge on any atom is -0.465 e. The normalized spacial score (nSPS) is 10.9. The maximum absolute atomic E-state index is 12.7. The van der Waals surface area contributed by atoms with Crippen LogP contribution in [0.3, 0.4) is 0 Å². The highest BCUT2D eigenvalue weighted by molar-refractivity contribution is 6.10. The summed E-state index contributed by atoms with van der Waals surface area (Å²) in [5, 5.41) is 5.92. The highest BCUT2D eigenvalue weighted by Gasteiger charge is 2.11. The van der Waals surface area contributed by atoms with E-state index in [0.717, 1.165) is 16.9 Å². The summed E-state index contributed by atoms with van der Waals surface area (Å²) in [4.78, 5) is 33.0. The molecule has 1 amide bonds. The third-order valence-electron chi connectivity index (χ3n) is 4.24. The molecule has 0 saturated heterocycles. The summed E-state index contributed by atoms with van der Waals surface area (Å²) in [6.45, 7) is 2.30. The average Bonchev–Trinajstić information content (AvgIpc) is 2.79. The molecule has 0 aliphatic heterocycles. The van der Waals surface area contributed by atoms with Gasteiger partial charge in [-0.3, -0.25) is 15.1 Å². The molecule has 0 saturated carbocycles. The molecule has 0 atom stereocenters. The molecule has 0 spiro atoms. The van der Waals surface area contributed by atoms with E-state index in [1.165, 1.54) is 7.11 Å². The second-order valence-electron chi connectivity index (χ2n) is 6.50. The first kappa shape index (κ1) is 20.7. The molecule has 30 heavy (non-hydrogen) atoms. The van der Waals surface area contributed by atoms with E-state index in [1.54, 1.807) is 30.5 Å². The lowest BCUT2D eigenvalue weighted by Gasteiger charge is -2.12. The number of pyridine rings is 1. The van der Waals surface area contributed by atoms with Gasteiger partial charge in [0, 0.05) is 17.4 Å². The topological polar surface area (TPSA) is 92.7 Å². The number of anilines is 1. The number of rotatable bonds is 5. The third kappa shape index (κ3) is 5.75. The van der Waals surface area contributed by atoms with Gasteiger partial charge in [0.05, 0.1) is 24.9 Å². The molecule has 0 fully saturated rings. The maximum Gasteiger partial charge on any atom is 0.337 e. The molecule has 152 valence electrons. The van der Waals surface area contributed by atoms with Crippen molar-refractivity contribution in [2.45, 2.75) is 13.5 Å². The average molecular weight is 402 g/mol. The molecule has 0 aliphatic carbocycles. The number of hydrogen-bond acceptors (Lipinski definition) is 5. The molecule has 3 rings (SSSR count). The number of nitrogens with one attached hydrogen (secondary N) is 2. The molecule has 0 aliphatic rings. The number of benzene rings is 2. The molecular weight excluding hydrogens is 380 g/mol. The molecule has 0 unspecified atom stereocenters. The Hall–Kier alpha value is -4.00. The van der Waals surface area contributed by atoms with Gasteiger partial charge in [-0.05, 0) is 55.5 Å². The Morgan fingerprint density at radius 3 is 2.30 bits per heavy atom. The van der Waals surface area contributed by atoms with E-state index in [4.69, 9.17) is 0 Å². The number of aryl methyl sites for hydroxylation is 1. The Balaban J connectivity index is 1.77. The van der Waals surface area contributed by atoms with E-state index >= 15 is 0 Å². The van der Waals surface area contributed by atoms with Crippen molar-refractivity contribution >= 4 is 23.5 Å². The summed E-state index contributed by atoms with van der Waals surface area (Å²) in [6.07, 6.45) is 1.69. The van der Waals surface area contributed by atoms with E-state index in [2.05, 4.69) is 25.3 Å². The Kier molecular flexibility index (Phi) is 6.89. The standard InChI is InChI=1S/C23H22N4O3/c1-16-6-12-19(13-7-16)26-23(25-15-20-5-3-4-14-24-20)27-21(28)17-8-10-18(11-9-17)22(29)30-2/h3-14H,15H2,1-2H3,(H2,25,26,27,28). The van der Waals surface area contributed by atoms with Gasteiger partial charge in [0.2, 0.25) is 5.96 Å². The number of ether oxygens (including phenoxy) is 1. The van der Waals surface area contributed by atoms with E-state index in [0.29, 0.717) is 23.6 Å². The summed E-state index contributed by atoms with van der Waals surface area (Å²) in [5.41, 5.74) is 3.45. The number of esters is 1. The molecule has 0 bridgehead atoms. The number of methoxy groups -OCH3 is 1. The fraction of sp³-hybridized carbons (Fsp3) is 0.130. The predicted octanol–water partition coefficient (Wildman–Crippen LogP) is 3.57. The highest BCUT2D eigenvalue weighted by Crippen LogP contribution is 2.10. The van der Waals surface area contributed by atoms with Gasteiger partial charge in [0.1, 0.15) is 0 Å². The van der Waals surface area contributed by atoms with Crippen LogP contribution in [0.2, 0.25) is 0 Å². The summed E-state index contributed by atoms with van der Waals surface area (Å²) >= 11 is 0. The predicted molar refractivity (Wildman–Crippen MR) is 115 cm³/mol. The van der Waals surface area contributed by atoms with Crippen LogP contribution in [0.4, 0.5) is 5.69 Å². The molecule has 7 heteroatoms. The van der Waals surface area contributed by atoms with E-state index < -0.39 is 5.97 Å². The van der Waals surface area contributed by atoms with Crippen molar-refractivity contribution in [2.24, 2.45) is 4.99 Å². The fourth-order valence-corrected chi connectivity index (χ4v) is 2.59. The van der Waals surface area contributed by atoms with Gasteiger partial charge in [0.15, 0.2) is 0 Å². The van der Waals surface area contributed by atoms with Crippen molar-refractivity contribution in [3.05, 3.63) is 95.3 Å². The number of guanidine groups is 1. The summed E-state index contributed by atoms with van der Waals surface area (Å²) in [6, 6.07) is 19.5. The summed E-state index contributed by atoms with van der Waals surface area (Å²) in [7, 11) is 1.31. The Morgan fingerprint density at radius 1 is 0.967 bits per heavy atom. The third-order valence-corrected chi connectivity index (χ3v) is 4.24. The number of carbonyl (C=O) groups is 2. The number of aromatic nitrogens is 1. The van der Waals surface area contributed by atoms with E-state index in [-0.39, 0.29) is 5.91 Å². The van der Waals surface area contributed by atoms with Crippen LogP contribution < -0.4 is 10.6 Å². The van der Waals surface area contributed by atoms with Gasteiger partial charge in [-0.15, -0.1) is 0 Å². The number of amides is 1. The van der Waals surface area contributed by atoms with Gasteiger partial charge < -0.3 is 10.1 Å². The minimum absolute atomic E-state index is 0.298. The molecule has 2 aromatic carbocycles. The molecule has 7 nitrogen and oxygen atoms in total. The number of hydrogen-bond donors (Lipinski definition) is 2. The van der Waals surface area contributed by atoms with Gasteiger partial charge in [-0.25, -0.2) is 9.79 Å². The van der Waals surface area contributed by atoms with Crippen LogP contribution in [-0.2, 0) is 11.3 Å². The zero-order chi connectivity index (χ0) is 21.3. The highest BCUT2D eigenvalue weighted by atomic mass is 16.5. The van der Waals surface area contributed by atoms with Crippen molar-refractivity contribution in [2.75, 3.05) is 12.4 Å². The number of aliphatic imine (C=N–C) groups is 1.